The van der Waals surface area contributed by atoms with Crippen molar-refractivity contribution in [1.29, 1.82) is 0 Å². The van der Waals surface area contributed by atoms with Gasteiger partial charge in [0.25, 0.3) is 0 Å². The van der Waals surface area contributed by atoms with E-state index in [-0.39, 0.29) is 5.48 Å². The molecule has 0 aliphatic carbocycles. The fourth-order valence-electron chi connectivity index (χ4n) is 0.408. The normalized spacial score (nSPS) is 7.64. The predicted molar refractivity (Wildman–Crippen MR) is 61.0 cm³/mol. The van der Waals surface area contributed by atoms with Crippen LogP contribution in [0.3, 0.4) is 0 Å². The molecular weight excluding hydrogens is 176 g/mol. The van der Waals surface area contributed by atoms with E-state index >= 15 is 0 Å². The lowest BCUT2D eigenvalue weighted by molar-refractivity contribution is 0.824. The van der Waals surface area contributed by atoms with Crippen LogP contribution in [0.5, 0.6) is 0 Å². The maximum Gasteiger partial charge on any atom is -0.00961 e. The second kappa shape index (κ2) is 22.4. The van der Waals surface area contributed by atoms with Crippen molar-refractivity contribution >= 4 is 23.5 Å². The van der Waals surface area contributed by atoms with E-state index in [4.69, 9.17) is 0 Å². The molecule has 0 spiro atoms. The SMILES string of the molecule is CCSCC.CCSCC.O. The first-order valence-electron chi connectivity index (χ1n) is 3.98. The quantitative estimate of drug-likeness (QED) is 0.695. The summed E-state index contributed by atoms with van der Waals surface area (Å²) in [6.07, 6.45) is 0. The molecule has 2 N–H and O–H groups in total. The minimum absolute atomic E-state index is 0. The van der Waals surface area contributed by atoms with Gasteiger partial charge in [-0.2, -0.15) is 23.5 Å². The van der Waals surface area contributed by atoms with Gasteiger partial charge in [0.15, 0.2) is 0 Å². The first kappa shape index (κ1) is 17.7. The fourth-order valence-corrected chi connectivity index (χ4v) is 1.22. The number of rotatable bonds is 4. The van der Waals surface area contributed by atoms with Crippen LogP contribution in [0.25, 0.3) is 0 Å². The van der Waals surface area contributed by atoms with Gasteiger partial charge in [0, 0.05) is 0 Å². The lowest BCUT2D eigenvalue weighted by atomic mass is 11.0. The van der Waals surface area contributed by atoms with Crippen molar-refractivity contribution in [2.24, 2.45) is 0 Å². The third kappa shape index (κ3) is 36.8. The van der Waals surface area contributed by atoms with E-state index < -0.39 is 0 Å². The Morgan fingerprint density at radius 1 is 0.636 bits per heavy atom. The van der Waals surface area contributed by atoms with Crippen LogP contribution >= 0.6 is 23.5 Å². The zero-order valence-electron chi connectivity index (χ0n) is 8.14. The molecule has 1 nitrogen and oxygen atoms in total. The van der Waals surface area contributed by atoms with Gasteiger partial charge in [-0.25, -0.2) is 0 Å². The summed E-state index contributed by atoms with van der Waals surface area (Å²) in [4.78, 5) is 0. The molecule has 11 heavy (non-hydrogen) atoms. The molecule has 0 atom stereocenters. The van der Waals surface area contributed by atoms with Crippen LogP contribution in [-0.2, 0) is 0 Å². The van der Waals surface area contributed by atoms with Gasteiger partial charge in [0.1, 0.15) is 0 Å². The van der Waals surface area contributed by atoms with Gasteiger partial charge in [0.2, 0.25) is 0 Å². The highest BCUT2D eigenvalue weighted by molar-refractivity contribution is 7.99. The summed E-state index contributed by atoms with van der Waals surface area (Å²) in [7, 11) is 0. The fraction of sp³-hybridized carbons (Fsp3) is 1.00. The van der Waals surface area contributed by atoms with Crippen molar-refractivity contribution < 1.29 is 5.48 Å². The third-order valence-electron chi connectivity index (χ3n) is 0.816. The molecule has 0 fully saturated rings. The highest BCUT2D eigenvalue weighted by Crippen LogP contribution is 1.93. The summed E-state index contributed by atoms with van der Waals surface area (Å²) in [6, 6.07) is 0. The van der Waals surface area contributed by atoms with Gasteiger partial charge in [-0.05, 0) is 23.0 Å². The molecule has 0 amide bonds. The molecule has 0 aromatic carbocycles. The number of hydrogen-bond donors (Lipinski definition) is 0. The highest BCUT2D eigenvalue weighted by atomic mass is 32.2. The zero-order valence-corrected chi connectivity index (χ0v) is 9.78. The van der Waals surface area contributed by atoms with Crippen LogP contribution in [0.15, 0.2) is 0 Å². The molecule has 3 heteroatoms. The molecule has 72 valence electrons. The Bertz CT molecular complexity index is 33.1. The molecule has 0 aromatic rings. The van der Waals surface area contributed by atoms with Gasteiger partial charge in [-0.3, -0.25) is 0 Å². The topological polar surface area (TPSA) is 31.5 Å². The lowest BCUT2D eigenvalue weighted by Crippen LogP contribution is -1.64. The first-order valence-corrected chi connectivity index (χ1v) is 6.29. The second-order valence-corrected chi connectivity index (χ2v) is 4.69. The van der Waals surface area contributed by atoms with Crippen molar-refractivity contribution in [3.63, 3.8) is 0 Å². The van der Waals surface area contributed by atoms with Crippen molar-refractivity contribution in [2.75, 3.05) is 23.0 Å². The maximum atomic E-state index is 2.17. The Morgan fingerprint density at radius 2 is 0.818 bits per heavy atom. The predicted octanol–water partition coefficient (Wildman–Crippen LogP) is 2.69. The molecule has 0 aliphatic heterocycles. The van der Waals surface area contributed by atoms with E-state index in [0.29, 0.717) is 0 Å². The highest BCUT2D eigenvalue weighted by Gasteiger charge is 1.67. The van der Waals surface area contributed by atoms with E-state index in [1.807, 2.05) is 23.5 Å². The molecular formula is C8H22OS2. The molecule has 0 rings (SSSR count). The smallest absolute Gasteiger partial charge is 0.00961 e. The molecule has 0 saturated heterocycles. The summed E-state index contributed by atoms with van der Waals surface area (Å²) in [5.74, 6) is 5.04. The summed E-state index contributed by atoms with van der Waals surface area (Å²) < 4.78 is 0. The van der Waals surface area contributed by atoms with Gasteiger partial charge < -0.3 is 5.48 Å². The summed E-state index contributed by atoms with van der Waals surface area (Å²) in [5.41, 5.74) is 0. The third-order valence-corrected chi connectivity index (χ3v) is 2.45. The van der Waals surface area contributed by atoms with E-state index in [1.165, 1.54) is 23.0 Å². The zero-order chi connectivity index (χ0) is 8.24. The summed E-state index contributed by atoms with van der Waals surface area (Å²) in [6.45, 7) is 8.70. The monoisotopic (exact) mass is 198 g/mol. The van der Waals surface area contributed by atoms with E-state index in [1.54, 1.807) is 0 Å². The Balaban J connectivity index is -0.000000107. The Morgan fingerprint density at radius 3 is 0.818 bits per heavy atom. The Kier molecular flexibility index (Phi) is 36.0. The molecule has 0 saturated carbocycles. The molecule has 0 aromatic heterocycles. The lowest BCUT2D eigenvalue weighted by Gasteiger charge is -1.80. The van der Waals surface area contributed by atoms with Crippen LogP contribution in [0.1, 0.15) is 27.7 Å². The van der Waals surface area contributed by atoms with Gasteiger partial charge in [0.05, 0.1) is 0 Å². The summed E-state index contributed by atoms with van der Waals surface area (Å²) in [5, 5.41) is 0. The molecule has 0 aliphatic rings. The van der Waals surface area contributed by atoms with Crippen molar-refractivity contribution in [3.05, 3.63) is 0 Å². The molecule has 0 bridgehead atoms. The van der Waals surface area contributed by atoms with E-state index in [2.05, 4.69) is 27.7 Å². The van der Waals surface area contributed by atoms with Gasteiger partial charge in [-0.15, -0.1) is 0 Å². The van der Waals surface area contributed by atoms with Gasteiger partial charge >= 0.3 is 0 Å². The van der Waals surface area contributed by atoms with Crippen LogP contribution in [0, 0.1) is 0 Å². The minimum Gasteiger partial charge on any atom is -0.412 e. The average Bonchev–Trinajstić information content (AvgIpc) is 1.93. The molecule has 0 unspecified atom stereocenters. The Hall–Kier alpha value is 0.660. The standard InChI is InChI=1S/2C4H10S.H2O/c2*1-3-5-4-2;/h2*3-4H2,1-2H3;1H2. The van der Waals surface area contributed by atoms with Crippen molar-refractivity contribution in [1.82, 2.24) is 0 Å². The van der Waals surface area contributed by atoms with Crippen LogP contribution in [0.2, 0.25) is 0 Å². The van der Waals surface area contributed by atoms with Crippen LogP contribution < -0.4 is 0 Å². The van der Waals surface area contributed by atoms with E-state index in [0.717, 1.165) is 0 Å². The van der Waals surface area contributed by atoms with Crippen LogP contribution in [0.4, 0.5) is 0 Å². The van der Waals surface area contributed by atoms with E-state index in [9.17, 15) is 0 Å². The number of thioether (sulfide) groups is 2. The molecule has 0 heterocycles. The van der Waals surface area contributed by atoms with Gasteiger partial charge in [-0.1, -0.05) is 27.7 Å². The second-order valence-electron chi connectivity index (χ2n) is 1.56. The maximum absolute atomic E-state index is 2.17. The van der Waals surface area contributed by atoms with Crippen LogP contribution in [-0.4, -0.2) is 28.5 Å². The molecule has 0 radical (unpaired) electrons. The average molecular weight is 198 g/mol. The number of hydrogen-bond acceptors (Lipinski definition) is 2. The first-order chi connectivity index (χ1) is 4.83. The minimum atomic E-state index is 0. The largest absolute Gasteiger partial charge is 0.412 e. The Labute approximate surface area is 80.0 Å². The summed E-state index contributed by atoms with van der Waals surface area (Å²) >= 11 is 3.93. The van der Waals surface area contributed by atoms with Crippen molar-refractivity contribution in [2.45, 2.75) is 27.7 Å². The van der Waals surface area contributed by atoms with Crippen molar-refractivity contribution in [3.8, 4) is 0 Å².